The highest BCUT2D eigenvalue weighted by Crippen LogP contribution is 2.35. The molecule has 0 radical (unpaired) electrons. The van der Waals surface area contributed by atoms with Gasteiger partial charge < -0.3 is 0 Å². The summed E-state index contributed by atoms with van der Waals surface area (Å²) in [6, 6.07) is 0. The van der Waals surface area contributed by atoms with Gasteiger partial charge in [-0.1, -0.05) is 6.92 Å². The van der Waals surface area contributed by atoms with Gasteiger partial charge in [-0.25, -0.2) is 9.66 Å². The number of aryl methyl sites for hydroxylation is 3. The molecule has 142 valence electrons. The zero-order chi connectivity index (χ0) is 19.3. The third-order valence-electron chi connectivity index (χ3n) is 4.97. The molecule has 1 unspecified atom stereocenters. The highest BCUT2D eigenvalue weighted by Gasteiger charge is 2.25. The Kier molecular flexibility index (Phi) is 4.67. The van der Waals surface area contributed by atoms with Gasteiger partial charge in [0.2, 0.25) is 0 Å². The molecule has 0 fully saturated rings. The summed E-state index contributed by atoms with van der Waals surface area (Å²) in [6.07, 6.45) is 4.68. The second-order valence-corrected chi connectivity index (χ2v) is 8.89. The van der Waals surface area contributed by atoms with Crippen LogP contribution in [0.4, 0.5) is 0 Å². The molecule has 3 heterocycles. The number of nitrogens with zero attached hydrogens (tertiary/aromatic N) is 4. The molecule has 9 heteroatoms. The van der Waals surface area contributed by atoms with E-state index in [0.29, 0.717) is 28.1 Å². The highest BCUT2D eigenvalue weighted by molar-refractivity contribution is 9.10. The van der Waals surface area contributed by atoms with Crippen molar-refractivity contribution in [3.8, 4) is 0 Å². The fraction of sp³-hybridized carbons (Fsp3) is 0.444. The summed E-state index contributed by atoms with van der Waals surface area (Å²) in [5.74, 6) is 0.635. The fourth-order valence-corrected chi connectivity index (χ4v) is 5.41. The van der Waals surface area contributed by atoms with Crippen LogP contribution in [-0.4, -0.2) is 25.3 Å². The van der Waals surface area contributed by atoms with Crippen LogP contribution in [0.5, 0.6) is 0 Å². The van der Waals surface area contributed by atoms with Crippen molar-refractivity contribution in [3.63, 3.8) is 0 Å². The van der Waals surface area contributed by atoms with Gasteiger partial charge in [0, 0.05) is 17.6 Å². The summed E-state index contributed by atoms with van der Waals surface area (Å²) < 4.78 is 3.49. The molecule has 0 aromatic carbocycles. The Hall–Kier alpha value is -2.00. The molecule has 0 bridgehead atoms. The minimum atomic E-state index is -0.446. The summed E-state index contributed by atoms with van der Waals surface area (Å²) in [4.78, 5) is 32.4. The van der Waals surface area contributed by atoms with Gasteiger partial charge in [-0.3, -0.25) is 19.7 Å². The number of thiophene rings is 1. The van der Waals surface area contributed by atoms with E-state index in [-0.39, 0.29) is 11.3 Å². The van der Waals surface area contributed by atoms with E-state index in [1.807, 2.05) is 6.92 Å². The molecule has 0 saturated carbocycles. The summed E-state index contributed by atoms with van der Waals surface area (Å²) in [6.45, 7) is 6.55. The molecule has 1 aliphatic rings. The Morgan fingerprint density at radius 1 is 1.48 bits per heavy atom. The van der Waals surface area contributed by atoms with E-state index in [1.54, 1.807) is 29.1 Å². The zero-order valence-corrected chi connectivity index (χ0v) is 17.8. The van der Waals surface area contributed by atoms with Gasteiger partial charge in [0.25, 0.3) is 11.5 Å². The van der Waals surface area contributed by atoms with E-state index in [9.17, 15) is 9.59 Å². The summed E-state index contributed by atoms with van der Waals surface area (Å²) in [5, 5.41) is 4.88. The minimum Gasteiger partial charge on any atom is -0.271 e. The maximum absolute atomic E-state index is 13.2. The van der Waals surface area contributed by atoms with Gasteiger partial charge in [-0.15, -0.1) is 11.3 Å². The second-order valence-electron chi connectivity index (χ2n) is 6.95. The zero-order valence-electron chi connectivity index (χ0n) is 15.4. The van der Waals surface area contributed by atoms with Crippen molar-refractivity contribution in [2.45, 2.75) is 46.6 Å². The molecule has 1 atom stereocenters. The monoisotopic (exact) mass is 449 g/mol. The first-order valence-corrected chi connectivity index (χ1v) is 10.6. The third kappa shape index (κ3) is 3.12. The summed E-state index contributed by atoms with van der Waals surface area (Å²) in [7, 11) is 0. The number of rotatable bonds is 3. The Labute approximate surface area is 168 Å². The molecule has 1 aliphatic carbocycles. The molecule has 3 aromatic rings. The van der Waals surface area contributed by atoms with Gasteiger partial charge >= 0.3 is 0 Å². The molecule has 0 aliphatic heterocycles. The topological polar surface area (TPSA) is 81.8 Å². The molecule has 3 aromatic heterocycles. The first-order chi connectivity index (χ1) is 12.9. The smallest absolute Gasteiger partial charge is 0.271 e. The Bertz CT molecular complexity index is 1110. The van der Waals surface area contributed by atoms with Crippen LogP contribution < -0.4 is 11.0 Å². The first-order valence-electron chi connectivity index (χ1n) is 8.97. The van der Waals surface area contributed by atoms with E-state index in [2.05, 4.69) is 38.4 Å². The van der Waals surface area contributed by atoms with Gasteiger partial charge in [-0.2, -0.15) is 5.10 Å². The average molecular weight is 450 g/mol. The molecule has 0 saturated heterocycles. The van der Waals surface area contributed by atoms with Gasteiger partial charge in [-0.05, 0) is 60.5 Å². The van der Waals surface area contributed by atoms with Crippen molar-refractivity contribution in [2.24, 2.45) is 5.92 Å². The van der Waals surface area contributed by atoms with Crippen molar-refractivity contribution in [3.05, 3.63) is 43.0 Å². The number of carbonyl (C=O) groups is 1. The Morgan fingerprint density at radius 3 is 2.96 bits per heavy atom. The van der Waals surface area contributed by atoms with Crippen LogP contribution in [0.25, 0.3) is 10.2 Å². The summed E-state index contributed by atoms with van der Waals surface area (Å²) >= 11 is 4.96. The van der Waals surface area contributed by atoms with Crippen molar-refractivity contribution in [2.75, 3.05) is 5.43 Å². The number of halogens is 1. The van der Waals surface area contributed by atoms with E-state index in [4.69, 9.17) is 0 Å². The lowest BCUT2D eigenvalue weighted by atomic mass is 9.89. The molecular weight excluding hydrogens is 430 g/mol. The quantitative estimate of drug-likeness (QED) is 0.664. The van der Waals surface area contributed by atoms with Crippen LogP contribution in [0.3, 0.4) is 0 Å². The fourth-order valence-electron chi connectivity index (χ4n) is 3.49. The van der Waals surface area contributed by atoms with E-state index >= 15 is 0 Å². The third-order valence-corrected chi connectivity index (χ3v) is 6.70. The van der Waals surface area contributed by atoms with Crippen LogP contribution in [-0.2, 0) is 19.4 Å². The largest absolute Gasteiger partial charge is 0.291 e. The number of fused-ring (bicyclic) bond motifs is 3. The Morgan fingerprint density at radius 2 is 2.26 bits per heavy atom. The van der Waals surface area contributed by atoms with Crippen LogP contribution in [0.2, 0.25) is 0 Å². The minimum absolute atomic E-state index is 0.219. The molecular formula is C18H20BrN5O2S. The maximum Gasteiger partial charge on any atom is 0.291 e. The van der Waals surface area contributed by atoms with Gasteiger partial charge in [0.05, 0.1) is 9.86 Å². The van der Waals surface area contributed by atoms with E-state index < -0.39 is 5.91 Å². The lowest BCUT2D eigenvalue weighted by Gasteiger charge is -2.17. The van der Waals surface area contributed by atoms with Crippen molar-refractivity contribution >= 4 is 43.4 Å². The molecule has 1 N–H and O–H groups in total. The van der Waals surface area contributed by atoms with Gasteiger partial charge in [0.1, 0.15) is 10.7 Å². The van der Waals surface area contributed by atoms with Crippen molar-refractivity contribution in [1.29, 1.82) is 0 Å². The normalized spacial score (nSPS) is 16.5. The van der Waals surface area contributed by atoms with E-state index in [0.717, 1.165) is 29.7 Å². The predicted molar refractivity (Wildman–Crippen MR) is 109 cm³/mol. The number of hydrogen-bond donors (Lipinski definition) is 1. The van der Waals surface area contributed by atoms with Crippen LogP contribution >= 0.6 is 27.3 Å². The highest BCUT2D eigenvalue weighted by atomic mass is 79.9. The lowest BCUT2D eigenvalue weighted by molar-refractivity contribution is 0.1000. The molecule has 7 nitrogen and oxygen atoms in total. The van der Waals surface area contributed by atoms with Crippen molar-refractivity contribution in [1.82, 2.24) is 19.4 Å². The van der Waals surface area contributed by atoms with Gasteiger partial charge in [0.15, 0.2) is 5.69 Å². The molecule has 27 heavy (non-hydrogen) atoms. The molecule has 4 rings (SSSR count). The number of carbonyl (C=O) groups excluding carboxylic acids is 1. The van der Waals surface area contributed by atoms with Crippen molar-refractivity contribution < 1.29 is 4.79 Å². The first kappa shape index (κ1) is 18.4. The summed E-state index contributed by atoms with van der Waals surface area (Å²) in [5.41, 5.74) is 3.80. The number of aromatic nitrogens is 4. The predicted octanol–water partition coefficient (Wildman–Crippen LogP) is 3.25. The number of hydrogen-bond acceptors (Lipinski definition) is 5. The van der Waals surface area contributed by atoms with Crippen LogP contribution in [0, 0.1) is 12.8 Å². The molecule has 0 spiro atoms. The molecule has 1 amide bonds. The second kappa shape index (κ2) is 6.87. The Balaban J connectivity index is 1.77. The van der Waals surface area contributed by atoms with Crippen LogP contribution in [0.15, 0.2) is 15.5 Å². The van der Waals surface area contributed by atoms with E-state index in [1.165, 1.54) is 9.55 Å². The standard InChI is InChI=1S/C18H20BrN5O2S/c1-4-23-8-12(19)15(21-23)16(25)22-24-10(3)20-17-14(18(24)26)11-6-5-9(2)7-13(11)27-17/h8-9H,4-7H2,1-3H3,(H,22,25). The maximum atomic E-state index is 13.2. The lowest BCUT2D eigenvalue weighted by Crippen LogP contribution is -2.36. The average Bonchev–Trinajstić information content (AvgIpc) is 3.17. The number of amides is 1. The SMILES string of the molecule is CCn1cc(Br)c(C(=O)Nn2c(C)nc3sc4c(c3c2=O)CCC(C)C4)n1. The number of nitrogens with one attached hydrogen (secondary N) is 1. The van der Waals surface area contributed by atoms with Crippen LogP contribution in [0.1, 0.15) is 47.0 Å².